The summed E-state index contributed by atoms with van der Waals surface area (Å²) < 4.78 is 13.8. The van der Waals surface area contributed by atoms with Crippen LogP contribution in [0.25, 0.3) is 0 Å². The number of carbonyl (C=O) groups excluding carboxylic acids is 4. The summed E-state index contributed by atoms with van der Waals surface area (Å²) in [5.41, 5.74) is 0.285. The topological polar surface area (TPSA) is 108 Å². The number of carbonyl (C=O) groups is 4. The minimum atomic E-state index is -1.39. The van der Waals surface area contributed by atoms with Crippen molar-refractivity contribution in [3.8, 4) is 0 Å². The maximum Gasteiger partial charge on any atom is 0.329 e. The average Bonchev–Trinajstić information content (AvgIpc) is 2.63. The Kier molecular flexibility index (Phi) is 7.41. The zero-order chi connectivity index (χ0) is 18.1. The summed E-state index contributed by atoms with van der Waals surface area (Å²) in [6.45, 7) is 0. The van der Waals surface area contributed by atoms with Gasteiger partial charge < -0.3 is 19.5 Å². The van der Waals surface area contributed by atoms with Crippen molar-refractivity contribution in [1.29, 1.82) is 0 Å². The molecule has 0 spiro atoms. The van der Waals surface area contributed by atoms with Gasteiger partial charge in [-0.3, -0.25) is 14.4 Å². The quantitative estimate of drug-likeness (QED) is 0.563. The number of amides is 1. The van der Waals surface area contributed by atoms with Crippen molar-refractivity contribution in [2.75, 3.05) is 21.3 Å². The van der Waals surface area contributed by atoms with Gasteiger partial charge in [0.1, 0.15) is 6.04 Å². The molecule has 8 heteroatoms. The van der Waals surface area contributed by atoms with E-state index in [0.717, 1.165) is 21.3 Å². The van der Waals surface area contributed by atoms with E-state index in [2.05, 4.69) is 19.5 Å². The Morgan fingerprint density at radius 2 is 1.50 bits per heavy atom. The zero-order valence-electron chi connectivity index (χ0n) is 13.6. The van der Waals surface area contributed by atoms with Crippen molar-refractivity contribution >= 4 is 23.8 Å². The third-order valence-corrected chi connectivity index (χ3v) is 3.30. The highest BCUT2D eigenvalue weighted by Gasteiger charge is 2.38. The largest absolute Gasteiger partial charge is 0.469 e. The standard InChI is InChI=1S/C16H19NO7/c1-22-12(18)9-11(15(20)23-2)13(16(21)24-3)17-14(19)10-7-5-4-6-8-10/h4-8,11,13H,9H2,1-3H3,(H,17,19)/t11-,13+/m0/s1. The number of esters is 3. The van der Waals surface area contributed by atoms with Crippen LogP contribution in [0.15, 0.2) is 30.3 Å². The summed E-state index contributed by atoms with van der Waals surface area (Å²) in [6.07, 6.45) is -0.446. The number of methoxy groups -OCH3 is 3. The molecule has 8 nitrogen and oxygen atoms in total. The summed E-state index contributed by atoms with van der Waals surface area (Å²) in [5.74, 6) is -4.32. The molecule has 0 aromatic heterocycles. The zero-order valence-corrected chi connectivity index (χ0v) is 13.6. The second-order valence-corrected chi connectivity index (χ2v) is 4.75. The first-order valence-electron chi connectivity index (χ1n) is 7.03. The predicted molar refractivity (Wildman–Crippen MR) is 81.9 cm³/mol. The van der Waals surface area contributed by atoms with Crippen LogP contribution in [0.4, 0.5) is 0 Å². The van der Waals surface area contributed by atoms with Crippen LogP contribution in [0.3, 0.4) is 0 Å². The molecule has 130 valence electrons. The van der Waals surface area contributed by atoms with E-state index in [1.165, 1.54) is 12.1 Å². The number of rotatable bonds is 7. The monoisotopic (exact) mass is 337 g/mol. The summed E-state index contributed by atoms with van der Waals surface area (Å²) >= 11 is 0. The van der Waals surface area contributed by atoms with Crippen LogP contribution in [-0.4, -0.2) is 51.2 Å². The lowest BCUT2D eigenvalue weighted by atomic mass is 9.95. The van der Waals surface area contributed by atoms with Gasteiger partial charge in [0.25, 0.3) is 5.91 Å². The minimum absolute atomic E-state index is 0.285. The van der Waals surface area contributed by atoms with Crippen molar-refractivity contribution in [3.63, 3.8) is 0 Å². The Hall–Kier alpha value is -2.90. The Morgan fingerprint density at radius 1 is 0.917 bits per heavy atom. The van der Waals surface area contributed by atoms with E-state index in [-0.39, 0.29) is 5.56 Å². The summed E-state index contributed by atoms with van der Waals surface area (Å²) in [5, 5.41) is 2.41. The fourth-order valence-electron chi connectivity index (χ4n) is 2.02. The van der Waals surface area contributed by atoms with Crippen LogP contribution in [0.1, 0.15) is 16.8 Å². The lowest BCUT2D eigenvalue weighted by Gasteiger charge is -2.23. The van der Waals surface area contributed by atoms with Crippen LogP contribution < -0.4 is 5.32 Å². The Labute approximate surface area is 139 Å². The van der Waals surface area contributed by atoms with E-state index in [9.17, 15) is 19.2 Å². The molecule has 0 aliphatic carbocycles. The summed E-state index contributed by atoms with van der Waals surface area (Å²) in [7, 11) is 3.36. The van der Waals surface area contributed by atoms with Crippen molar-refractivity contribution in [3.05, 3.63) is 35.9 Å². The molecular weight excluding hydrogens is 318 g/mol. The molecule has 0 fully saturated rings. The molecule has 0 aliphatic rings. The highest BCUT2D eigenvalue weighted by atomic mass is 16.5. The minimum Gasteiger partial charge on any atom is -0.469 e. The van der Waals surface area contributed by atoms with Gasteiger partial charge in [0.15, 0.2) is 0 Å². The summed E-state index contributed by atoms with van der Waals surface area (Å²) in [4.78, 5) is 47.7. The molecule has 1 rings (SSSR count). The molecule has 24 heavy (non-hydrogen) atoms. The highest BCUT2D eigenvalue weighted by Crippen LogP contribution is 2.15. The van der Waals surface area contributed by atoms with Crippen molar-refractivity contribution in [2.24, 2.45) is 5.92 Å². The predicted octanol–water partition coefficient (Wildman–Crippen LogP) is 0.310. The maximum absolute atomic E-state index is 12.3. The Bertz CT molecular complexity index is 600. The van der Waals surface area contributed by atoms with E-state index in [0.29, 0.717) is 0 Å². The van der Waals surface area contributed by atoms with Gasteiger partial charge in [-0.2, -0.15) is 0 Å². The van der Waals surface area contributed by atoms with Crippen LogP contribution in [0.5, 0.6) is 0 Å². The fourth-order valence-corrected chi connectivity index (χ4v) is 2.02. The van der Waals surface area contributed by atoms with E-state index in [4.69, 9.17) is 0 Å². The number of ether oxygens (including phenoxy) is 3. The molecular formula is C16H19NO7. The maximum atomic E-state index is 12.3. The first-order chi connectivity index (χ1) is 11.4. The van der Waals surface area contributed by atoms with Crippen LogP contribution >= 0.6 is 0 Å². The molecule has 0 aliphatic heterocycles. The van der Waals surface area contributed by atoms with Crippen LogP contribution in [-0.2, 0) is 28.6 Å². The van der Waals surface area contributed by atoms with E-state index in [1.807, 2.05) is 0 Å². The third kappa shape index (κ3) is 5.08. The van der Waals surface area contributed by atoms with Gasteiger partial charge in [-0.1, -0.05) is 18.2 Å². The van der Waals surface area contributed by atoms with Crippen LogP contribution in [0, 0.1) is 5.92 Å². The van der Waals surface area contributed by atoms with Gasteiger partial charge in [-0.25, -0.2) is 4.79 Å². The molecule has 0 heterocycles. The molecule has 1 aromatic rings. The second-order valence-electron chi connectivity index (χ2n) is 4.75. The van der Waals surface area contributed by atoms with Gasteiger partial charge in [-0.05, 0) is 12.1 Å². The van der Waals surface area contributed by atoms with Gasteiger partial charge in [0, 0.05) is 5.56 Å². The first-order valence-corrected chi connectivity index (χ1v) is 7.03. The SMILES string of the molecule is COC(=O)C[C@H](C(=O)OC)[C@@H](NC(=O)c1ccccc1)C(=O)OC. The fraction of sp³-hybridized carbons (Fsp3) is 0.375. The second kappa shape index (κ2) is 9.29. The van der Waals surface area contributed by atoms with Crippen molar-refractivity contribution in [1.82, 2.24) is 5.32 Å². The van der Waals surface area contributed by atoms with E-state index in [1.54, 1.807) is 18.2 Å². The normalized spacial score (nSPS) is 12.5. The first kappa shape index (κ1) is 19.1. The smallest absolute Gasteiger partial charge is 0.329 e. The van der Waals surface area contributed by atoms with Gasteiger partial charge >= 0.3 is 17.9 Å². The number of hydrogen-bond acceptors (Lipinski definition) is 7. The molecule has 0 unspecified atom stereocenters. The number of nitrogens with one attached hydrogen (secondary N) is 1. The molecule has 1 amide bonds. The molecule has 0 radical (unpaired) electrons. The Balaban J connectivity index is 3.07. The van der Waals surface area contributed by atoms with Gasteiger partial charge in [-0.15, -0.1) is 0 Å². The molecule has 1 aromatic carbocycles. The van der Waals surface area contributed by atoms with Crippen molar-refractivity contribution < 1.29 is 33.4 Å². The van der Waals surface area contributed by atoms with E-state index < -0.39 is 42.2 Å². The van der Waals surface area contributed by atoms with Gasteiger partial charge in [0.05, 0.1) is 33.7 Å². The lowest BCUT2D eigenvalue weighted by Crippen LogP contribution is -2.50. The third-order valence-electron chi connectivity index (χ3n) is 3.30. The molecule has 0 bridgehead atoms. The lowest BCUT2D eigenvalue weighted by molar-refractivity contribution is -0.158. The molecule has 2 atom stereocenters. The van der Waals surface area contributed by atoms with E-state index >= 15 is 0 Å². The van der Waals surface area contributed by atoms with Crippen LogP contribution in [0.2, 0.25) is 0 Å². The Morgan fingerprint density at radius 3 is 2.00 bits per heavy atom. The summed E-state index contributed by atoms with van der Waals surface area (Å²) in [6, 6.07) is 6.70. The number of hydrogen-bond donors (Lipinski definition) is 1. The molecule has 0 saturated carbocycles. The van der Waals surface area contributed by atoms with Crippen molar-refractivity contribution in [2.45, 2.75) is 12.5 Å². The average molecular weight is 337 g/mol. The molecule has 0 saturated heterocycles. The number of benzene rings is 1. The van der Waals surface area contributed by atoms with Gasteiger partial charge in [0.2, 0.25) is 0 Å². The molecule has 1 N–H and O–H groups in total. The highest BCUT2D eigenvalue weighted by molar-refractivity contribution is 5.98.